The second-order valence-electron chi connectivity index (χ2n) is 7.97. The van der Waals surface area contributed by atoms with Gasteiger partial charge in [0.1, 0.15) is 11.6 Å². The molecule has 0 atom stereocenters. The highest BCUT2D eigenvalue weighted by Gasteiger charge is 2.25. The van der Waals surface area contributed by atoms with Crippen LogP contribution in [-0.4, -0.2) is 42.1 Å². The molecule has 0 radical (unpaired) electrons. The molecule has 1 N–H and O–H groups in total. The number of nitrogens with zero attached hydrogens (tertiary/aromatic N) is 3. The van der Waals surface area contributed by atoms with Crippen LogP contribution in [0.3, 0.4) is 0 Å². The molecule has 146 valence electrons. The van der Waals surface area contributed by atoms with Gasteiger partial charge in [-0.25, -0.2) is 9.97 Å². The third kappa shape index (κ3) is 5.05. The Hall–Kier alpha value is -1.99. The lowest BCUT2D eigenvalue weighted by atomic mass is 9.95. The molecular weight excluding hydrogens is 360 g/mol. The van der Waals surface area contributed by atoms with Crippen molar-refractivity contribution >= 4 is 23.1 Å². The van der Waals surface area contributed by atoms with Crippen molar-refractivity contribution in [1.82, 2.24) is 15.3 Å². The molecule has 0 bridgehead atoms. The zero-order valence-corrected chi connectivity index (χ0v) is 17.3. The molecule has 1 amide bonds. The fourth-order valence-corrected chi connectivity index (χ4v) is 3.75. The first-order valence-electron chi connectivity index (χ1n) is 9.32. The number of nitrogens with one attached hydrogen (secondary N) is 1. The predicted molar refractivity (Wildman–Crippen MR) is 108 cm³/mol. The van der Waals surface area contributed by atoms with E-state index in [0.717, 1.165) is 48.8 Å². The Kier molecular flexibility index (Phi) is 6.11. The average Bonchev–Trinajstić information content (AvgIpc) is 3.16. The summed E-state index contributed by atoms with van der Waals surface area (Å²) in [5, 5.41) is 6.96. The largest absolute Gasteiger partial charge is 0.378 e. The standard InChI is InChI=1S/C20H28N4O2S/c1-20(2,3)19-22-16(12-26-4)11-17(23-19)24-8-5-15(6-9-24)21-18(25)14-7-10-27-13-14/h7,10-11,13,15H,5-6,8-9,12H2,1-4H3,(H,21,25). The van der Waals surface area contributed by atoms with Gasteiger partial charge >= 0.3 is 0 Å². The number of ether oxygens (including phenoxy) is 1. The molecule has 1 fully saturated rings. The number of hydrogen-bond acceptors (Lipinski definition) is 6. The van der Waals surface area contributed by atoms with Gasteiger partial charge in [0.25, 0.3) is 5.91 Å². The SMILES string of the molecule is COCc1cc(N2CCC(NC(=O)c3ccsc3)CC2)nc(C(C)(C)C)n1. The number of rotatable bonds is 5. The molecule has 1 aliphatic heterocycles. The van der Waals surface area contributed by atoms with Crippen LogP contribution >= 0.6 is 11.3 Å². The highest BCUT2D eigenvalue weighted by Crippen LogP contribution is 2.24. The van der Waals surface area contributed by atoms with Gasteiger partial charge < -0.3 is 15.0 Å². The number of methoxy groups -OCH3 is 1. The summed E-state index contributed by atoms with van der Waals surface area (Å²) in [6.45, 7) is 8.56. The van der Waals surface area contributed by atoms with Crippen LogP contribution < -0.4 is 10.2 Å². The van der Waals surface area contributed by atoms with Gasteiger partial charge in [-0.2, -0.15) is 11.3 Å². The van der Waals surface area contributed by atoms with Crippen molar-refractivity contribution in [2.75, 3.05) is 25.1 Å². The third-order valence-corrected chi connectivity index (χ3v) is 5.35. The number of anilines is 1. The summed E-state index contributed by atoms with van der Waals surface area (Å²) < 4.78 is 5.28. The fourth-order valence-electron chi connectivity index (χ4n) is 3.12. The second-order valence-corrected chi connectivity index (χ2v) is 8.75. The summed E-state index contributed by atoms with van der Waals surface area (Å²) in [5.74, 6) is 1.80. The number of hydrogen-bond donors (Lipinski definition) is 1. The minimum atomic E-state index is -0.120. The zero-order valence-electron chi connectivity index (χ0n) is 16.5. The van der Waals surface area contributed by atoms with E-state index < -0.39 is 0 Å². The number of amides is 1. The van der Waals surface area contributed by atoms with Gasteiger partial charge in [-0.1, -0.05) is 20.8 Å². The van der Waals surface area contributed by atoms with Crippen LogP contribution in [-0.2, 0) is 16.8 Å². The molecule has 2 aromatic rings. The normalized spacial score (nSPS) is 15.8. The van der Waals surface area contributed by atoms with Crippen molar-refractivity contribution in [3.8, 4) is 0 Å². The lowest BCUT2D eigenvalue weighted by Gasteiger charge is -2.34. The minimum Gasteiger partial charge on any atom is -0.378 e. The van der Waals surface area contributed by atoms with Crippen LogP contribution in [0.1, 0.15) is 55.5 Å². The van der Waals surface area contributed by atoms with E-state index >= 15 is 0 Å². The van der Waals surface area contributed by atoms with Gasteiger partial charge in [0.2, 0.25) is 0 Å². The van der Waals surface area contributed by atoms with Gasteiger partial charge in [0.15, 0.2) is 0 Å². The molecule has 0 unspecified atom stereocenters. The van der Waals surface area contributed by atoms with Crippen molar-refractivity contribution < 1.29 is 9.53 Å². The van der Waals surface area contributed by atoms with Gasteiger partial charge in [0, 0.05) is 48.7 Å². The predicted octanol–water partition coefficient (Wildman–Crippen LogP) is 3.38. The van der Waals surface area contributed by atoms with Gasteiger partial charge in [-0.05, 0) is 24.3 Å². The number of carbonyl (C=O) groups is 1. The Morgan fingerprint density at radius 1 is 1.33 bits per heavy atom. The topological polar surface area (TPSA) is 67.3 Å². The molecule has 0 aliphatic carbocycles. The molecule has 2 aromatic heterocycles. The molecule has 7 heteroatoms. The molecule has 0 aromatic carbocycles. The molecule has 27 heavy (non-hydrogen) atoms. The highest BCUT2D eigenvalue weighted by atomic mass is 32.1. The number of thiophene rings is 1. The van der Waals surface area contributed by atoms with E-state index in [4.69, 9.17) is 9.72 Å². The van der Waals surface area contributed by atoms with Crippen LogP contribution in [0.15, 0.2) is 22.9 Å². The van der Waals surface area contributed by atoms with Gasteiger partial charge in [-0.3, -0.25) is 4.79 Å². The smallest absolute Gasteiger partial charge is 0.252 e. The summed E-state index contributed by atoms with van der Waals surface area (Å²) in [6.07, 6.45) is 1.81. The Morgan fingerprint density at radius 2 is 2.07 bits per heavy atom. The fraction of sp³-hybridized carbons (Fsp3) is 0.550. The average molecular weight is 389 g/mol. The van der Waals surface area contributed by atoms with Crippen LogP contribution in [0.25, 0.3) is 0 Å². The van der Waals surface area contributed by atoms with Gasteiger partial charge in [0.05, 0.1) is 12.3 Å². The molecule has 3 heterocycles. The van der Waals surface area contributed by atoms with Crippen LogP contribution in [0.4, 0.5) is 5.82 Å². The zero-order chi connectivity index (χ0) is 19.4. The molecule has 1 aliphatic rings. The Labute approximate surface area is 165 Å². The molecule has 6 nitrogen and oxygen atoms in total. The summed E-state index contributed by atoms with van der Waals surface area (Å²) in [6, 6.07) is 4.08. The number of aromatic nitrogens is 2. The summed E-state index contributed by atoms with van der Waals surface area (Å²) in [5.41, 5.74) is 1.53. The van der Waals surface area contributed by atoms with Crippen LogP contribution in [0.5, 0.6) is 0 Å². The lowest BCUT2D eigenvalue weighted by molar-refractivity contribution is 0.0931. The maximum absolute atomic E-state index is 12.2. The highest BCUT2D eigenvalue weighted by molar-refractivity contribution is 7.08. The first-order chi connectivity index (χ1) is 12.9. The molecule has 0 saturated carbocycles. The molecule has 3 rings (SSSR count). The van der Waals surface area contributed by atoms with Crippen molar-refractivity contribution in [1.29, 1.82) is 0 Å². The maximum Gasteiger partial charge on any atom is 0.252 e. The third-order valence-electron chi connectivity index (χ3n) is 4.67. The van der Waals surface area contributed by atoms with Crippen molar-refractivity contribution in [2.45, 2.75) is 51.7 Å². The minimum absolute atomic E-state index is 0.0223. The Bertz CT molecular complexity index is 763. The summed E-state index contributed by atoms with van der Waals surface area (Å²) in [4.78, 5) is 24.0. The lowest BCUT2D eigenvalue weighted by Crippen LogP contribution is -2.45. The summed E-state index contributed by atoms with van der Waals surface area (Å²) in [7, 11) is 1.68. The second kappa shape index (κ2) is 8.35. The van der Waals surface area contributed by atoms with Crippen LogP contribution in [0.2, 0.25) is 0 Å². The van der Waals surface area contributed by atoms with Crippen molar-refractivity contribution in [3.05, 3.63) is 40.0 Å². The van der Waals surface area contributed by atoms with Crippen LogP contribution in [0, 0.1) is 0 Å². The summed E-state index contributed by atoms with van der Waals surface area (Å²) >= 11 is 1.54. The van der Waals surface area contributed by atoms with E-state index in [1.807, 2.05) is 22.9 Å². The Balaban J connectivity index is 1.66. The van der Waals surface area contributed by atoms with Crippen molar-refractivity contribution in [3.63, 3.8) is 0 Å². The van der Waals surface area contributed by atoms with E-state index in [9.17, 15) is 4.79 Å². The number of carbonyl (C=O) groups excluding carboxylic acids is 1. The maximum atomic E-state index is 12.2. The van der Waals surface area contributed by atoms with E-state index in [1.54, 1.807) is 18.4 Å². The quantitative estimate of drug-likeness (QED) is 0.850. The first kappa shape index (κ1) is 19.8. The van der Waals surface area contributed by atoms with E-state index in [-0.39, 0.29) is 17.4 Å². The molecule has 1 saturated heterocycles. The first-order valence-corrected chi connectivity index (χ1v) is 10.3. The van der Waals surface area contributed by atoms with E-state index in [0.29, 0.717) is 6.61 Å². The molecular formula is C20H28N4O2S. The van der Waals surface area contributed by atoms with E-state index in [1.165, 1.54) is 0 Å². The monoisotopic (exact) mass is 388 g/mol. The van der Waals surface area contributed by atoms with E-state index in [2.05, 4.69) is 36.0 Å². The van der Waals surface area contributed by atoms with Crippen molar-refractivity contribution in [2.24, 2.45) is 0 Å². The van der Waals surface area contributed by atoms with Gasteiger partial charge in [-0.15, -0.1) is 0 Å². The number of piperidine rings is 1. The Morgan fingerprint density at radius 3 is 2.67 bits per heavy atom. The molecule has 0 spiro atoms.